The van der Waals surface area contributed by atoms with Gasteiger partial charge in [-0.05, 0) is 5.56 Å². The lowest BCUT2D eigenvalue weighted by atomic mass is 10.2. The first-order valence-electron chi connectivity index (χ1n) is 5.13. The second-order valence-electron chi connectivity index (χ2n) is 3.57. The molecular formula is C12H14BrNO3. The highest BCUT2D eigenvalue weighted by atomic mass is 79.9. The van der Waals surface area contributed by atoms with E-state index >= 15 is 0 Å². The van der Waals surface area contributed by atoms with Gasteiger partial charge in [-0.15, -0.1) is 0 Å². The van der Waals surface area contributed by atoms with Crippen molar-refractivity contribution < 1.29 is 14.3 Å². The third-order valence-corrected chi connectivity index (χ3v) is 2.70. The van der Waals surface area contributed by atoms with E-state index in [1.165, 1.54) is 11.9 Å². The molecule has 0 bridgehead atoms. The van der Waals surface area contributed by atoms with Gasteiger partial charge in [0.15, 0.2) is 5.78 Å². The van der Waals surface area contributed by atoms with Crippen molar-refractivity contribution in [3.63, 3.8) is 0 Å². The minimum absolute atomic E-state index is 0.0544. The molecule has 1 amide bonds. The van der Waals surface area contributed by atoms with Crippen LogP contribution in [-0.4, -0.2) is 35.7 Å². The van der Waals surface area contributed by atoms with Gasteiger partial charge in [-0.3, -0.25) is 4.79 Å². The van der Waals surface area contributed by atoms with Gasteiger partial charge in [-0.25, -0.2) is 4.79 Å². The summed E-state index contributed by atoms with van der Waals surface area (Å²) in [5, 5.41) is 0.239. The summed E-state index contributed by atoms with van der Waals surface area (Å²) in [5.41, 5.74) is 0.918. The molecule has 0 saturated heterocycles. The average molecular weight is 300 g/mol. The molecule has 0 saturated carbocycles. The Labute approximate surface area is 109 Å². The highest BCUT2D eigenvalue weighted by Gasteiger charge is 2.13. The van der Waals surface area contributed by atoms with Crippen LogP contribution in [0.25, 0.3) is 0 Å². The number of rotatable bonds is 5. The third-order valence-electron chi connectivity index (χ3n) is 2.08. The van der Waals surface area contributed by atoms with Gasteiger partial charge < -0.3 is 9.64 Å². The SMILES string of the molecule is CN(CC(=O)CBr)C(=O)OCc1ccccc1. The number of hydrogen-bond donors (Lipinski definition) is 0. The van der Waals surface area contributed by atoms with Crippen LogP contribution in [0.15, 0.2) is 30.3 Å². The summed E-state index contributed by atoms with van der Waals surface area (Å²) in [4.78, 5) is 23.9. The van der Waals surface area contributed by atoms with Crippen molar-refractivity contribution >= 4 is 27.8 Å². The number of benzene rings is 1. The fourth-order valence-corrected chi connectivity index (χ4v) is 1.38. The van der Waals surface area contributed by atoms with Gasteiger partial charge in [0, 0.05) is 7.05 Å². The number of halogens is 1. The van der Waals surface area contributed by atoms with Crippen LogP contribution in [0.5, 0.6) is 0 Å². The largest absolute Gasteiger partial charge is 0.445 e. The Hall–Kier alpha value is -1.36. The number of hydrogen-bond acceptors (Lipinski definition) is 3. The number of Topliss-reactive ketones (excluding diaryl/α,β-unsaturated/α-hetero) is 1. The van der Waals surface area contributed by atoms with Crippen LogP contribution >= 0.6 is 15.9 Å². The number of carbonyl (C=O) groups excluding carboxylic acids is 2. The summed E-state index contributed by atoms with van der Waals surface area (Å²) in [6.07, 6.45) is -0.497. The molecule has 0 atom stereocenters. The second kappa shape index (κ2) is 7.06. The molecule has 4 nitrogen and oxygen atoms in total. The molecule has 0 aromatic heterocycles. The van der Waals surface area contributed by atoms with Crippen LogP contribution in [0.3, 0.4) is 0 Å². The molecule has 0 unspecified atom stereocenters. The number of likely N-dealkylation sites (N-methyl/N-ethyl adjacent to an activating group) is 1. The van der Waals surface area contributed by atoms with Crippen molar-refractivity contribution in [1.29, 1.82) is 0 Å². The predicted octanol–water partition coefficient (Wildman–Crippen LogP) is 2.22. The first-order valence-corrected chi connectivity index (χ1v) is 6.25. The third kappa shape index (κ3) is 4.99. The van der Waals surface area contributed by atoms with Crippen LogP contribution in [0.2, 0.25) is 0 Å². The summed E-state index contributed by atoms with van der Waals surface area (Å²) < 4.78 is 5.05. The number of alkyl halides is 1. The molecule has 0 aliphatic heterocycles. The van der Waals surface area contributed by atoms with Crippen LogP contribution in [0.4, 0.5) is 4.79 Å². The van der Waals surface area contributed by atoms with E-state index in [4.69, 9.17) is 4.74 Å². The van der Waals surface area contributed by atoms with Crippen LogP contribution in [0, 0.1) is 0 Å². The zero-order valence-corrected chi connectivity index (χ0v) is 11.1. The van der Waals surface area contributed by atoms with E-state index in [-0.39, 0.29) is 24.3 Å². The first kappa shape index (κ1) is 13.7. The van der Waals surface area contributed by atoms with E-state index < -0.39 is 6.09 Å². The summed E-state index contributed by atoms with van der Waals surface area (Å²) in [6, 6.07) is 9.39. The topological polar surface area (TPSA) is 46.6 Å². The second-order valence-corrected chi connectivity index (χ2v) is 4.13. The molecule has 5 heteroatoms. The Morgan fingerprint density at radius 1 is 1.29 bits per heavy atom. The molecule has 1 rings (SSSR count). The van der Waals surface area contributed by atoms with Crippen molar-refractivity contribution in [3.05, 3.63) is 35.9 Å². The molecule has 92 valence electrons. The highest BCUT2D eigenvalue weighted by molar-refractivity contribution is 9.09. The molecule has 1 aromatic carbocycles. The summed E-state index contributed by atoms with van der Waals surface area (Å²) in [5.74, 6) is -0.0656. The monoisotopic (exact) mass is 299 g/mol. The Morgan fingerprint density at radius 3 is 2.53 bits per heavy atom. The van der Waals surface area contributed by atoms with Crippen LogP contribution < -0.4 is 0 Å². The highest BCUT2D eigenvalue weighted by Crippen LogP contribution is 2.02. The quantitative estimate of drug-likeness (QED) is 0.783. The maximum atomic E-state index is 11.5. The molecule has 0 aliphatic rings. The Balaban J connectivity index is 2.37. The maximum Gasteiger partial charge on any atom is 0.410 e. The molecule has 0 N–H and O–H groups in total. The molecule has 17 heavy (non-hydrogen) atoms. The molecule has 1 aromatic rings. The summed E-state index contributed by atoms with van der Waals surface area (Å²) in [7, 11) is 1.54. The van der Waals surface area contributed by atoms with E-state index in [1.807, 2.05) is 30.3 Å². The number of ether oxygens (including phenoxy) is 1. The van der Waals surface area contributed by atoms with Crippen molar-refractivity contribution in [1.82, 2.24) is 4.90 Å². The van der Waals surface area contributed by atoms with Crippen molar-refractivity contribution in [2.24, 2.45) is 0 Å². The van der Waals surface area contributed by atoms with Gasteiger partial charge >= 0.3 is 6.09 Å². The van der Waals surface area contributed by atoms with E-state index in [0.717, 1.165) is 5.56 Å². The van der Waals surface area contributed by atoms with Gasteiger partial charge in [-0.2, -0.15) is 0 Å². The number of carbonyl (C=O) groups is 2. The number of nitrogens with zero attached hydrogens (tertiary/aromatic N) is 1. The lowest BCUT2D eigenvalue weighted by Gasteiger charge is -2.15. The molecule has 0 heterocycles. The van der Waals surface area contributed by atoms with Gasteiger partial charge in [0.25, 0.3) is 0 Å². The predicted molar refractivity (Wildman–Crippen MR) is 68.1 cm³/mol. The zero-order chi connectivity index (χ0) is 12.7. The van der Waals surface area contributed by atoms with Crippen LogP contribution in [0.1, 0.15) is 5.56 Å². The fraction of sp³-hybridized carbons (Fsp3) is 0.333. The molecule has 0 fully saturated rings. The lowest BCUT2D eigenvalue weighted by Crippen LogP contribution is -2.32. The molecule has 0 spiro atoms. The van der Waals surface area contributed by atoms with Crippen molar-refractivity contribution in [2.75, 3.05) is 18.9 Å². The van der Waals surface area contributed by atoms with E-state index in [2.05, 4.69) is 15.9 Å². The van der Waals surface area contributed by atoms with Gasteiger partial charge in [-0.1, -0.05) is 46.3 Å². The lowest BCUT2D eigenvalue weighted by molar-refractivity contribution is -0.117. The molecule has 0 aliphatic carbocycles. The fourth-order valence-electron chi connectivity index (χ4n) is 1.20. The normalized spacial score (nSPS) is 9.76. The minimum Gasteiger partial charge on any atom is -0.445 e. The van der Waals surface area contributed by atoms with Crippen LogP contribution in [-0.2, 0) is 16.1 Å². The first-order chi connectivity index (χ1) is 8.13. The Bertz CT molecular complexity index is 381. The van der Waals surface area contributed by atoms with Gasteiger partial charge in [0.05, 0.1) is 11.9 Å². The number of amides is 1. The zero-order valence-electron chi connectivity index (χ0n) is 9.56. The van der Waals surface area contributed by atoms with E-state index in [9.17, 15) is 9.59 Å². The number of ketones is 1. The summed E-state index contributed by atoms with van der Waals surface area (Å²) in [6.45, 7) is 0.269. The average Bonchev–Trinajstić information content (AvgIpc) is 2.36. The van der Waals surface area contributed by atoms with E-state index in [0.29, 0.717) is 0 Å². The van der Waals surface area contributed by atoms with Crippen molar-refractivity contribution in [2.45, 2.75) is 6.61 Å². The molecular weight excluding hydrogens is 286 g/mol. The van der Waals surface area contributed by atoms with Gasteiger partial charge in [0.2, 0.25) is 0 Å². The summed E-state index contributed by atoms with van der Waals surface area (Å²) >= 11 is 3.04. The van der Waals surface area contributed by atoms with Crippen molar-refractivity contribution in [3.8, 4) is 0 Å². The van der Waals surface area contributed by atoms with E-state index in [1.54, 1.807) is 0 Å². The minimum atomic E-state index is -0.497. The smallest absolute Gasteiger partial charge is 0.410 e. The Morgan fingerprint density at radius 2 is 1.94 bits per heavy atom. The maximum absolute atomic E-state index is 11.5. The standard InChI is InChI=1S/C12H14BrNO3/c1-14(8-11(15)7-13)12(16)17-9-10-5-3-2-4-6-10/h2-6H,7-9H2,1H3. The Kier molecular flexibility index (Phi) is 5.69. The molecule has 0 radical (unpaired) electrons. The van der Waals surface area contributed by atoms with Gasteiger partial charge in [0.1, 0.15) is 6.61 Å².